The van der Waals surface area contributed by atoms with E-state index in [0.717, 1.165) is 11.8 Å². The molecule has 2 fully saturated rings. The second-order valence-corrected chi connectivity index (χ2v) is 5.00. The molecule has 2 aliphatic rings. The van der Waals surface area contributed by atoms with Crippen molar-refractivity contribution in [1.29, 1.82) is 0 Å². The Morgan fingerprint density at radius 2 is 1.50 bits per heavy atom. The molecule has 0 N–H and O–H groups in total. The molecule has 0 spiro atoms. The lowest BCUT2D eigenvalue weighted by atomic mass is 9.82. The molecule has 2 rings (SSSR count). The first-order chi connectivity index (χ1) is 4.86. The average Bonchev–Trinajstić information content (AvgIpc) is 2.27. The fraction of sp³-hybridized carbons (Fsp3) is 1.00. The molecule has 1 aliphatic heterocycles. The number of nitrogens with zero attached hydrogens (tertiary/aromatic N) is 1. The fourth-order valence-electron chi connectivity index (χ4n) is 2.35. The molecule has 58 valence electrons. The van der Waals surface area contributed by atoms with Gasteiger partial charge < -0.3 is 0 Å². The van der Waals surface area contributed by atoms with Crippen molar-refractivity contribution in [2.45, 2.75) is 25.7 Å². The van der Waals surface area contributed by atoms with Gasteiger partial charge in [-0.25, -0.2) is 3.11 Å². The van der Waals surface area contributed by atoms with Gasteiger partial charge in [-0.3, -0.25) is 0 Å². The predicted octanol–water partition coefficient (Wildman–Crippen LogP) is 2.46. The SMILES string of the molecule is IN1CC2CCCCC2C1. The third-order valence-corrected chi connectivity index (χ3v) is 3.72. The maximum atomic E-state index is 2.47. The fourth-order valence-corrected chi connectivity index (χ4v) is 3.36. The molecule has 2 heteroatoms. The number of hydrogen-bond donors (Lipinski definition) is 0. The highest BCUT2D eigenvalue weighted by Crippen LogP contribution is 2.37. The molecule has 0 aromatic heterocycles. The second kappa shape index (κ2) is 2.97. The maximum absolute atomic E-state index is 2.47. The third-order valence-electron chi connectivity index (χ3n) is 2.93. The Balaban J connectivity index is 1.97. The average molecular weight is 251 g/mol. The Morgan fingerprint density at radius 1 is 1.00 bits per heavy atom. The molecular formula is C8H14IN. The Hall–Kier alpha value is 0.690. The van der Waals surface area contributed by atoms with Crippen molar-refractivity contribution in [1.82, 2.24) is 3.11 Å². The van der Waals surface area contributed by atoms with E-state index in [0.29, 0.717) is 0 Å². The largest absolute Gasteiger partial charge is 0.247 e. The molecule has 1 nitrogen and oxygen atoms in total. The Bertz CT molecular complexity index is 112. The van der Waals surface area contributed by atoms with Crippen molar-refractivity contribution in [3.8, 4) is 0 Å². The van der Waals surface area contributed by atoms with Crippen molar-refractivity contribution >= 4 is 22.9 Å². The van der Waals surface area contributed by atoms with Gasteiger partial charge in [-0.1, -0.05) is 12.8 Å². The lowest BCUT2D eigenvalue weighted by Gasteiger charge is -2.22. The minimum Gasteiger partial charge on any atom is -0.247 e. The molecule has 0 bridgehead atoms. The molecule has 0 amide bonds. The van der Waals surface area contributed by atoms with E-state index in [1.54, 1.807) is 0 Å². The van der Waals surface area contributed by atoms with Crippen LogP contribution < -0.4 is 0 Å². The molecule has 1 aliphatic carbocycles. The Labute approximate surface area is 76.7 Å². The summed E-state index contributed by atoms with van der Waals surface area (Å²) in [6.07, 6.45) is 5.99. The molecule has 2 atom stereocenters. The van der Waals surface area contributed by atoms with Gasteiger partial charge in [0.2, 0.25) is 0 Å². The van der Waals surface area contributed by atoms with E-state index in [4.69, 9.17) is 0 Å². The quantitative estimate of drug-likeness (QED) is 0.472. The minimum absolute atomic E-state index is 1.06. The summed E-state index contributed by atoms with van der Waals surface area (Å²) in [6.45, 7) is 2.73. The van der Waals surface area contributed by atoms with E-state index in [2.05, 4.69) is 26.0 Å². The first kappa shape index (κ1) is 7.35. The zero-order valence-electron chi connectivity index (χ0n) is 6.22. The van der Waals surface area contributed by atoms with Crippen molar-refractivity contribution in [3.63, 3.8) is 0 Å². The molecular weight excluding hydrogens is 237 g/mol. The number of fused-ring (bicyclic) bond motifs is 1. The predicted molar refractivity (Wildman–Crippen MR) is 51.0 cm³/mol. The summed E-state index contributed by atoms with van der Waals surface area (Å²) in [5.74, 6) is 2.12. The lowest BCUT2D eigenvalue weighted by molar-refractivity contribution is 0.299. The third kappa shape index (κ3) is 1.33. The summed E-state index contributed by atoms with van der Waals surface area (Å²) in [4.78, 5) is 0. The van der Waals surface area contributed by atoms with Crippen molar-refractivity contribution < 1.29 is 0 Å². The van der Waals surface area contributed by atoms with Crippen LogP contribution in [0.5, 0.6) is 0 Å². The van der Waals surface area contributed by atoms with Crippen LogP contribution >= 0.6 is 22.9 Å². The summed E-state index contributed by atoms with van der Waals surface area (Å²) >= 11 is 2.47. The highest BCUT2D eigenvalue weighted by molar-refractivity contribution is 14.1. The van der Waals surface area contributed by atoms with Crippen LogP contribution in [0.15, 0.2) is 0 Å². The van der Waals surface area contributed by atoms with E-state index in [1.165, 1.54) is 38.8 Å². The van der Waals surface area contributed by atoms with Crippen LogP contribution in [0.3, 0.4) is 0 Å². The van der Waals surface area contributed by atoms with Crippen LogP contribution in [-0.4, -0.2) is 16.2 Å². The highest BCUT2D eigenvalue weighted by atomic mass is 127. The van der Waals surface area contributed by atoms with Gasteiger partial charge in [-0.2, -0.15) is 0 Å². The van der Waals surface area contributed by atoms with E-state index >= 15 is 0 Å². The van der Waals surface area contributed by atoms with Crippen LogP contribution in [-0.2, 0) is 0 Å². The van der Waals surface area contributed by atoms with Crippen LogP contribution in [0.4, 0.5) is 0 Å². The molecule has 1 saturated carbocycles. The van der Waals surface area contributed by atoms with Gasteiger partial charge in [0.25, 0.3) is 0 Å². The van der Waals surface area contributed by atoms with Crippen molar-refractivity contribution in [2.24, 2.45) is 11.8 Å². The standard InChI is InChI=1S/C8H14IN/c9-10-5-7-3-1-2-4-8(7)6-10/h7-8H,1-6H2. The second-order valence-electron chi connectivity index (χ2n) is 3.63. The smallest absolute Gasteiger partial charge is 0.0201 e. The molecule has 0 radical (unpaired) electrons. The Morgan fingerprint density at radius 3 is 2.00 bits per heavy atom. The summed E-state index contributed by atoms with van der Waals surface area (Å²) < 4.78 is 2.47. The summed E-state index contributed by atoms with van der Waals surface area (Å²) in [6, 6.07) is 0. The van der Waals surface area contributed by atoms with Crippen LogP contribution in [0.2, 0.25) is 0 Å². The van der Waals surface area contributed by atoms with Gasteiger partial charge in [-0.15, -0.1) is 0 Å². The molecule has 2 unspecified atom stereocenters. The van der Waals surface area contributed by atoms with Crippen LogP contribution in [0.1, 0.15) is 25.7 Å². The van der Waals surface area contributed by atoms with E-state index in [-0.39, 0.29) is 0 Å². The summed E-state index contributed by atoms with van der Waals surface area (Å²) in [7, 11) is 0. The number of rotatable bonds is 0. The zero-order valence-corrected chi connectivity index (χ0v) is 8.38. The maximum Gasteiger partial charge on any atom is 0.0201 e. The first-order valence-corrected chi connectivity index (χ1v) is 5.23. The normalized spacial score (nSPS) is 41.7. The highest BCUT2D eigenvalue weighted by Gasteiger charge is 2.32. The van der Waals surface area contributed by atoms with E-state index in [9.17, 15) is 0 Å². The van der Waals surface area contributed by atoms with Gasteiger partial charge >= 0.3 is 0 Å². The van der Waals surface area contributed by atoms with Crippen LogP contribution in [0.25, 0.3) is 0 Å². The molecule has 0 aromatic carbocycles. The first-order valence-electron chi connectivity index (χ1n) is 4.27. The zero-order chi connectivity index (χ0) is 6.97. The van der Waals surface area contributed by atoms with E-state index in [1.807, 2.05) is 0 Å². The van der Waals surface area contributed by atoms with Gasteiger partial charge in [-0.05, 0) is 24.7 Å². The van der Waals surface area contributed by atoms with Crippen molar-refractivity contribution in [3.05, 3.63) is 0 Å². The Kier molecular flexibility index (Phi) is 2.18. The van der Waals surface area contributed by atoms with Gasteiger partial charge in [0.15, 0.2) is 0 Å². The molecule has 1 saturated heterocycles. The van der Waals surface area contributed by atoms with Crippen LogP contribution in [0, 0.1) is 11.8 Å². The monoisotopic (exact) mass is 251 g/mol. The summed E-state index contributed by atoms with van der Waals surface area (Å²) in [5, 5.41) is 0. The number of halogens is 1. The molecule has 1 heterocycles. The molecule has 10 heavy (non-hydrogen) atoms. The van der Waals surface area contributed by atoms with Gasteiger partial charge in [0.1, 0.15) is 0 Å². The van der Waals surface area contributed by atoms with Crippen molar-refractivity contribution in [2.75, 3.05) is 13.1 Å². The minimum atomic E-state index is 1.06. The van der Waals surface area contributed by atoms with E-state index < -0.39 is 0 Å². The topological polar surface area (TPSA) is 3.24 Å². The lowest BCUT2D eigenvalue weighted by Crippen LogP contribution is -2.16. The number of hydrogen-bond acceptors (Lipinski definition) is 1. The molecule has 0 aromatic rings. The van der Waals surface area contributed by atoms with Gasteiger partial charge in [0.05, 0.1) is 0 Å². The van der Waals surface area contributed by atoms with Gasteiger partial charge in [0, 0.05) is 36.0 Å². The summed E-state index contributed by atoms with van der Waals surface area (Å²) in [5.41, 5.74) is 0.